The first-order chi connectivity index (χ1) is 9.89. The van der Waals surface area contributed by atoms with Crippen LogP contribution < -0.4 is 0 Å². The molecule has 1 heterocycles. The van der Waals surface area contributed by atoms with Crippen molar-refractivity contribution in [1.29, 1.82) is 0 Å². The van der Waals surface area contributed by atoms with Gasteiger partial charge in [0.25, 0.3) is 0 Å². The van der Waals surface area contributed by atoms with Gasteiger partial charge in [0.15, 0.2) is 4.90 Å². The van der Waals surface area contributed by atoms with Crippen molar-refractivity contribution in [3.05, 3.63) is 29.8 Å². The number of ether oxygens (including phenoxy) is 2. The van der Waals surface area contributed by atoms with E-state index in [1.54, 1.807) is 0 Å². The van der Waals surface area contributed by atoms with E-state index in [0.29, 0.717) is 4.31 Å². The van der Waals surface area contributed by atoms with Gasteiger partial charge in [0.05, 0.1) is 20.3 Å². The molecule has 1 aliphatic heterocycles. The zero-order chi connectivity index (χ0) is 15.6. The maximum atomic E-state index is 13.7. The van der Waals surface area contributed by atoms with Gasteiger partial charge in [0, 0.05) is 6.54 Å². The van der Waals surface area contributed by atoms with Crippen molar-refractivity contribution in [2.24, 2.45) is 0 Å². The molecule has 21 heavy (non-hydrogen) atoms. The molecule has 0 bridgehead atoms. The minimum atomic E-state index is -4.53. The van der Waals surface area contributed by atoms with E-state index in [0.717, 1.165) is 25.3 Å². The van der Waals surface area contributed by atoms with Crippen LogP contribution in [0.15, 0.2) is 23.1 Å². The maximum absolute atomic E-state index is 13.7. The van der Waals surface area contributed by atoms with Crippen molar-refractivity contribution in [3.8, 4) is 0 Å². The van der Waals surface area contributed by atoms with E-state index in [1.165, 1.54) is 0 Å². The number of hydrogen-bond donors (Lipinski definition) is 0. The highest BCUT2D eigenvalue weighted by molar-refractivity contribution is 7.89. The largest absolute Gasteiger partial charge is 0.468 e. The van der Waals surface area contributed by atoms with Gasteiger partial charge < -0.3 is 9.47 Å². The third kappa shape index (κ3) is 2.89. The summed E-state index contributed by atoms with van der Waals surface area (Å²) in [5.74, 6) is -3.29. The molecule has 0 spiro atoms. The van der Waals surface area contributed by atoms with Crippen molar-refractivity contribution in [2.75, 3.05) is 26.9 Å². The Bertz CT molecular complexity index is 629. The molecular weight excluding hydrogens is 308 g/mol. The summed E-state index contributed by atoms with van der Waals surface area (Å²) in [5, 5.41) is 0. The average molecular weight is 321 g/mol. The fourth-order valence-electron chi connectivity index (χ4n) is 2.04. The highest BCUT2D eigenvalue weighted by atomic mass is 32.2. The van der Waals surface area contributed by atoms with E-state index >= 15 is 0 Å². The number of nitrogens with zero attached hydrogens (tertiary/aromatic N) is 1. The molecule has 1 saturated heterocycles. The van der Waals surface area contributed by atoms with Crippen molar-refractivity contribution in [2.45, 2.75) is 10.9 Å². The summed E-state index contributed by atoms with van der Waals surface area (Å²) >= 11 is 0. The van der Waals surface area contributed by atoms with Crippen LogP contribution in [0.2, 0.25) is 0 Å². The molecule has 1 fully saturated rings. The number of morpholine rings is 1. The summed E-state index contributed by atoms with van der Waals surface area (Å²) in [7, 11) is -3.44. The molecule has 0 amide bonds. The zero-order valence-corrected chi connectivity index (χ0v) is 11.9. The number of esters is 1. The van der Waals surface area contributed by atoms with E-state index in [-0.39, 0.29) is 19.8 Å². The Labute approximate surface area is 120 Å². The third-order valence-corrected chi connectivity index (χ3v) is 5.00. The molecule has 9 heteroatoms. The fraction of sp³-hybridized carbons (Fsp3) is 0.417. The van der Waals surface area contributed by atoms with Gasteiger partial charge in [-0.25, -0.2) is 17.2 Å². The van der Waals surface area contributed by atoms with Gasteiger partial charge in [-0.1, -0.05) is 6.07 Å². The monoisotopic (exact) mass is 321 g/mol. The average Bonchev–Trinajstić information content (AvgIpc) is 2.46. The summed E-state index contributed by atoms with van der Waals surface area (Å²) in [6, 6.07) is 1.46. The Morgan fingerprint density at radius 3 is 2.57 bits per heavy atom. The Kier molecular flexibility index (Phi) is 4.55. The van der Waals surface area contributed by atoms with E-state index in [4.69, 9.17) is 4.74 Å². The lowest BCUT2D eigenvalue weighted by Gasteiger charge is -2.32. The van der Waals surface area contributed by atoms with Crippen molar-refractivity contribution in [3.63, 3.8) is 0 Å². The molecule has 0 saturated carbocycles. The van der Waals surface area contributed by atoms with Gasteiger partial charge in [0.1, 0.15) is 17.7 Å². The van der Waals surface area contributed by atoms with Crippen molar-refractivity contribution >= 4 is 16.0 Å². The molecule has 0 aliphatic carbocycles. The van der Waals surface area contributed by atoms with E-state index < -0.39 is 38.6 Å². The van der Waals surface area contributed by atoms with Gasteiger partial charge in [-0.2, -0.15) is 4.31 Å². The van der Waals surface area contributed by atoms with Gasteiger partial charge in [-0.3, -0.25) is 4.79 Å². The quantitative estimate of drug-likeness (QED) is 0.759. The summed E-state index contributed by atoms with van der Waals surface area (Å²) < 4.78 is 62.5. The standard InChI is InChI=1S/C12H13F2NO5S/c1-19-12(16)10-7-20-6-5-15(10)21(17,18)11-8(13)3-2-4-9(11)14/h2-4,10H,5-7H2,1H3. The van der Waals surface area contributed by atoms with Crippen LogP contribution in [-0.2, 0) is 24.3 Å². The molecule has 1 unspecified atom stereocenters. The fourth-order valence-corrected chi connectivity index (χ4v) is 3.70. The van der Waals surface area contributed by atoms with E-state index in [2.05, 4.69) is 4.74 Å². The minimum Gasteiger partial charge on any atom is -0.468 e. The number of sulfonamides is 1. The predicted octanol–water partition coefficient (Wildman–Crippen LogP) is 0.527. The topological polar surface area (TPSA) is 72.9 Å². The number of carbonyl (C=O) groups excluding carboxylic acids is 1. The van der Waals surface area contributed by atoms with Gasteiger partial charge >= 0.3 is 5.97 Å². The summed E-state index contributed by atoms with van der Waals surface area (Å²) in [6.07, 6.45) is 0. The summed E-state index contributed by atoms with van der Waals surface area (Å²) in [5.41, 5.74) is 0. The number of carbonyl (C=O) groups is 1. The molecule has 116 valence electrons. The third-order valence-electron chi connectivity index (χ3n) is 3.04. The number of hydrogen-bond acceptors (Lipinski definition) is 5. The maximum Gasteiger partial charge on any atom is 0.326 e. The highest BCUT2D eigenvalue weighted by Crippen LogP contribution is 2.25. The first kappa shape index (κ1) is 15.8. The lowest BCUT2D eigenvalue weighted by molar-refractivity contribution is -0.149. The van der Waals surface area contributed by atoms with Crippen LogP contribution in [0.3, 0.4) is 0 Å². The van der Waals surface area contributed by atoms with Crippen LogP contribution in [0.25, 0.3) is 0 Å². The second kappa shape index (κ2) is 6.04. The predicted molar refractivity (Wildman–Crippen MR) is 66.9 cm³/mol. The Hall–Kier alpha value is -1.58. The lowest BCUT2D eigenvalue weighted by Crippen LogP contribution is -2.53. The SMILES string of the molecule is COC(=O)C1COCCN1S(=O)(=O)c1c(F)cccc1F. The smallest absolute Gasteiger partial charge is 0.326 e. The van der Waals surface area contributed by atoms with E-state index in [1.807, 2.05) is 0 Å². The first-order valence-electron chi connectivity index (χ1n) is 6.01. The summed E-state index contributed by atoms with van der Waals surface area (Å²) in [6.45, 7) is -0.416. The van der Waals surface area contributed by atoms with Gasteiger partial charge in [-0.15, -0.1) is 0 Å². The number of halogens is 2. The van der Waals surface area contributed by atoms with Crippen LogP contribution in [0.4, 0.5) is 8.78 Å². The molecule has 1 aliphatic rings. The Balaban J connectivity index is 2.48. The molecule has 0 N–H and O–H groups in total. The second-order valence-electron chi connectivity index (χ2n) is 4.28. The molecule has 1 aromatic rings. The molecule has 1 atom stereocenters. The van der Waals surface area contributed by atoms with Crippen LogP contribution in [0, 0.1) is 11.6 Å². The normalized spacial score (nSPS) is 20.2. The Morgan fingerprint density at radius 1 is 1.38 bits per heavy atom. The molecular formula is C12H13F2NO5S. The lowest BCUT2D eigenvalue weighted by atomic mass is 10.3. The molecule has 2 rings (SSSR count). The molecule has 1 aromatic carbocycles. The van der Waals surface area contributed by atoms with Crippen LogP contribution in [-0.4, -0.2) is 51.6 Å². The summed E-state index contributed by atoms with van der Waals surface area (Å²) in [4.78, 5) is 10.5. The first-order valence-corrected chi connectivity index (χ1v) is 7.45. The molecule has 0 aromatic heterocycles. The van der Waals surface area contributed by atoms with E-state index in [9.17, 15) is 22.0 Å². The second-order valence-corrected chi connectivity index (χ2v) is 6.11. The highest BCUT2D eigenvalue weighted by Gasteiger charge is 2.41. The van der Waals surface area contributed by atoms with Crippen LogP contribution in [0.1, 0.15) is 0 Å². The van der Waals surface area contributed by atoms with Crippen LogP contribution in [0.5, 0.6) is 0 Å². The number of methoxy groups -OCH3 is 1. The zero-order valence-electron chi connectivity index (χ0n) is 11.1. The van der Waals surface area contributed by atoms with Crippen molar-refractivity contribution < 1.29 is 31.5 Å². The minimum absolute atomic E-state index is 0.0167. The molecule has 6 nitrogen and oxygen atoms in total. The number of rotatable bonds is 3. The molecule has 0 radical (unpaired) electrons. The Morgan fingerprint density at radius 2 is 2.00 bits per heavy atom. The van der Waals surface area contributed by atoms with Crippen LogP contribution >= 0.6 is 0 Å². The van der Waals surface area contributed by atoms with Crippen molar-refractivity contribution in [1.82, 2.24) is 4.31 Å². The number of benzene rings is 1. The van der Waals surface area contributed by atoms with Gasteiger partial charge in [0.2, 0.25) is 10.0 Å². The van der Waals surface area contributed by atoms with Gasteiger partial charge in [-0.05, 0) is 12.1 Å².